The maximum Gasteiger partial charge on any atom is 0.234 e. The van der Waals surface area contributed by atoms with Gasteiger partial charge in [0.1, 0.15) is 23.6 Å². The zero-order chi connectivity index (χ0) is 20.2. The van der Waals surface area contributed by atoms with Crippen LogP contribution in [0, 0.1) is 0 Å². The molecule has 2 heterocycles. The molecule has 0 bridgehead atoms. The molecule has 0 saturated carbocycles. The number of nitrogens with zero attached hydrogens (tertiary/aromatic N) is 2. The van der Waals surface area contributed by atoms with E-state index in [4.69, 9.17) is 9.15 Å². The molecule has 0 unspecified atom stereocenters. The van der Waals surface area contributed by atoms with Gasteiger partial charge in [-0.05, 0) is 31.5 Å². The zero-order valence-corrected chi connectivity index (χ0v) is 17.0. The van der Waals surface area contributed by atoms with E-state index < -0.39 is 0 Å². The highest BCUT2D eigenvalue weighted by Crippen LogP contribution is 2.43. The van der Waals surface area contributed by atoms with Crippen LogP contribution in [0.25, 0.3) is 33.6 Å². The van der Waals surface area contributed by atoms with Gasteiger partial charge in [-0.25, -0.2) is 9.97 Å². The summed E-state index contributed by atoms with van der Waals surface area (Å²) in [5.41, 5.74) is 4.83. The van der Waals surface area contributed by atoms with Crippen molar-refractivity contribution in [3.63, 3.8) is 0 Å². The lowest BCUT2D eigenvalue weighted by molar-refractivity contribution is 0.214. The highest BCUT2D eigenvalue weighted by Gasteiger charge is 2.23. The second-order valence-corrected chi connectivity index (χ2v) is 7.07. The maximum absolute atomic E-state index is 6.23. The minimum absolute atomic E-state index is 0. The van der Waals surface area contributed by atoms with Crippen molar-refractivity contribution >= 4 is 11.1 Å². The molecule has 0 saturated heterocycles. The van der Waals surface area contributed by atoms with Gasteiger partial charge in [-0.15, -0.1) is 0 Å². The lowest BCUT2D eigenvalue weighted by atomic mass is 9.98. The molecule has 1 N–H and O–H groups in total. The van der Waals surface area contributed by atoms with Gasteiger partial charge in [0.25, 0.3) is 0 Å². The minimum Gasteiger partial charge on any atom is -0.473 e. The number of furan rings is 1. The average Bonchev–Trinajstić information content (AvgIpc) is 3.15. The van der Waals surface area contributed by atoms with Gasteiger partial charge in [0.05, 0.1) is 0 Å². The van der Waals surface area contributed by atoms with Gasteiger partial charge in [-0.1, -0.05) is 68.9 Å². The number of rotatable bonds is 7. The molecule has 0 aliphatic rings. The average molecular weight is 404 g/mol. The lowest BCUT2D eigenvalue weighted by Gasteiger charge is -2.14. The predicted octanol–water partition coefficient (Wildman–Crippen LogP) is 5.74. The Morgan fingerprint density at radius 3 is 2.40 bits per heavy atom. The normalized spacial score (nSPS) is 11.8. The van der Waals surface area contributed by atoms with E-state index in [0.717, 1.165) is 40.8 Å². The van der Waals surface area contributed by atoms with E-state index in [1.54, 1.807) is 0 Å². The van der Waals surface area contributed by atoms with Crippen molar-refractivity contribution < 1.29 is 9.15 Å². The molecule has 0 fully saturated rings. The van der Waals surface area contributed by atoms with E-state index in [0.29, 0.717) is 11.6 Å². The molecule has 0 spiro atoms. The number of likely N-dealkylation sites (N-methyl/N-ethyl adjacent to an activating group) is 1. The van der Waals surface area contributed by atoms with E-state index in [1.165, 1.54) is 11.9 Å². The monoisotopic (exact) mass is 403 g/mol. The standard InChI is InChI=1S/C24H25N3O2.CH4/c1-4-17-10-12-18(13-11-17)20-21-23(28-16(2)14-25-3)26-15-27-24(21)29-22(20)19-8-6-5-7-9-19;/h5-13,15-16,25H,4,14H2,1-3H3;1H4/t16-;/m1./s1. The summed E-state index contributed by atoms with van der Waals surface area (Å²) in [6.07, 6.45) is 2.45. The van der Waals surface area contributed by atoms with Gasteiger partial charge in [0.2, 0.25) is 11.6 Å². The van der Waals surface area contributed by atoms with E-state index in [-0.39, 0.29) is 13.5 Å². The number of hydrogen-bond acceptors (Lipinski definition) is 5. The third kappa shape index (κ3) is 4.21. The quantitative estimate of drug-likeness (QED) is 0.426. The summed E-state index contributed by atoms with van der Waals surface area (Å²) in [5, 5.41) is 3.94. The molecule has 5 heteroatoms. The fourth-order valence-electron chi connectivity index (χ4n) is 3.49. The molecule has 1 atom stereocenters. The van der Waals surface area contributed by atoms with Crippen LogP contribution in [-0.4, -0.2) is 29.7 Å². The summed E-state index contributed by atoms with van der Waals surface area (Å²) in [6.45, 7) is 4.88. The Kier molecular flexibility index (Phi) is 6.85. The van der Waals surface area contributed by atoms with Gasteiger partial charge >= 0.3 is 0 Å². The summed E-state index contributed by atoms with van der Waals surface area (Å²) < 4.78 is 12.4. The molecule has 2 aromatic carbocycles. The molecule has 4 rings (SSSR count). The molecule has 0 amide bonds. The van der Waals surface area contributed by atoms with Crippen molar-refractivity contribution in [2.45, 2.75) is 33.8 Å². The number of hydrogen-bond donors (Lipinski definition) is 1. The van der Waals surface area contributed by atoms with Crippen molar-refractivity contribution in [1.82, 2.24) is 15.3 Å². The Bertz CT molecular complexity index is 1090. The second-order valence-electron chi connectivity index (χ2n) is 7.07. The topological polar surface area (TPSA) is 60.2 Å². The van der Waals surface area contributed by atoms with E-state index >= 15 is 0 Å². The molecule has 4 aromatic rings. The van der Waals surface area contributed by atoms with Gasteiger partial charge in [0, 0.05) is 17.7 Å². The Hall–Kier alpha value is -3.18. The molecule has 5 nitrogen and oxygen atoms in total. The van der Waals surface area contributed by atoms with Crippen LogP contribution in [0.15, 0.2) is 65.3 Å². The summed E-state index contributed by atoms with van der Waals surface area (Å²) in [4.78, 5) is 8.82. The summed E-state index contributed by atoms with van der Waals surface area (Å²) in [5.74, 6) is 1.31. The van der Waals surface area contributed by atoms with Gasteiger partial charge in [-0.2, -0.15) is 0 Å². The van der Waals surface area contributed by atoms with Crippen LogP contribution < -0.4 is 10.1 Å². The summed E-state index contributed by atoms with van der Waals surface area (Å²) in [6, 6.07) is 18.6. The number of aryl methyl sites for hydroxylation is 1. The van der Waals surface area contributed by atoms with E-state index in [2.05, 4.69) is 46.5 Å². The fourth-order valence-corrected chi connectivity index (χ4v) is 3.49. The van der Waals surface area contributed by atoms with Crippen LogP contribution >= 0.6 is 0 Å². The highest BCUT2D eigenvalue weighted by atomic mass is 16.5. The Balaban J connectivity index is 0.00000256. The van der Waals surface area contributed by atoms with Crippen LogP contribution in [0.1, 0.15) is 26.8 Å². The SMILES string of the molecule is C.CCc1ccc(-c2c(-c3ccccc3)oc3ncnc(O[C@H](C)CNC)c23)cc1. The first kappa shape index (κ1) is 21.5. The van der Waals surface area contributed by atoms with Crippen molar-refractivity contribution in [3.8, 4) is 28.3 Å². The lowest BCUT2D eigenvalue weighted by Crippen LogP contribution is -2.26. The van der Waals surface area contributed by atoms with Crippen LogP contribution in [0.3, 0.4) is 0 Å². The number of nitrogens with one attached hydrogen (secondary N) is 1. The second kappa shape index (κ2) is 9.55. The van der Waals surface area contributed by atoms with Gasteiger partial charge in [0.15, 0.2) is 0 Å². The minimum atomic E-state index is -0.0384. The molecular formula is C25H29N3O2. The van der Waals surface area contributed by atoms with Crippen molar-refractivity contribution in [2.75, 3.05) is 13.6 Å². The summed E-state index contributed by atoms with van der Waals surface area (Å²) >= 11 is 0. The largest absolute Gasteiger partial charge is 0.473 e. The van der Waals surface area contributed by atoms with E-state index in [9.17, 15) is 0 Å². The maximum atomic E-state index is 6.23. The number of fused-ring (bicyclic) bond motifs is 1. The fraction of sp³-hybridized carbons (Fsp3) is 0.280. The molecule has 0 aliphatic carbocycles. The van der Waals surface area contributed by atoms with Crippen molar-refractivity contribution in [1.29, 1.82) is 0 Å². The van der Waals surface area contributed by atoms with Gasteiger partial charge in [-0.3, -0.25) is 0 Å². The first-order valence-electron chi connectivity index (χ1n) is 9.94. The zero-order valence-electron chi connectivity index (χ0n) is 17.0. The Morgan fingerprint density at radius 1 is 1.00 bits per heavy atom. The van der Waals surface area contributed by atoms with Crippen molar-refractivity contribution in [2.24, 2.45) is 0 Å². The van der Waals surface area contributed by atoms with Crippen LogP contribution in [0.5, 0.6) is 5.88 Å². The Labute approximate surface area is 178 Å². The molecule has 0 aliphatic heterocycles. The number of benzene rings is 2. The molecule has 30 heavy (non-hydrogen) atoms. The molecule has 0 radical (unpaired) electrons. The smallest absolute Gasteiger partial charge is 0.234 e. The first-order valence-corrected chi connectivity index (χ1v) is 9.94. The molecular weight excluding hydrogens is 374 g/mol. The van der Waals surface area contributed by atoms with Crippen LogP contribution in [0.2, 0.25) is 0 Å². The highest BCUT2D eigenvalue weighted by molar-refractivity contribution is 6.03. The Morgan fingerprint density at radius 2 is 1.73 bits per heavy atom. The number of ether oxygens (including phenoxy) is 1. The van der Waals surface area contributed by atoms with Crippen molar-refractivity contribution in [3.05, 3.63) is 66.5 Å². The first-order chi connectivity index (χ1) is 14.2. The van der Waals surface area contributed by atoms with E-state index in [1.807, 2.05) is 44.3 Å². The number of aromatic nitrogens is 2. The third-order valence-electron chi connectivity index (χ3n) is 4.94. The van der Waals surface area contributed by atoms with Crippen LogP contribution in [-0.2, 0) is 6.42 Å². The van der Waals surface area contributed by atoms with Crippen LogP contribution in [0.4, 0.5) is 0 Å². The summed E-state index contributed by atoms with van der Waals surface area (Å²) in [7, 11) is 1.90. The third-order valence-corrected chi connectivity index (χ3v) is 4.94. The predicted molar refractivity (Wildman–Crippen MR) is 123 cm³/mol. The molecule has 2 aromatic heterocycles. The van der Waals surface area contributed by atoms with Gasteiger partial charge < -0.3 is 14.5 Å². The molecule has 156 valence electrons.